The van der Waals surface area contributed by atoms with Crippen molar-refractivity contribution in [3.05, 3.63) is 124 Å². The number of aromatic nitrogens is 4. The summed E-state index contributed by atoms with van der Waals surface area (Å²) in [4.78, 5) is 24.5. The van der Waals surface area contributed by atoms with Crippen molar-refractivity contribution in [2.24, 2.45) is 4.99 Å². The summed E-state index contributed by atoms with van der Waals surface area (Å²) < 4.78 is 62.0. The van der Waals surface area contributed by atoms with Crippen LogP contribution < -0.4 is 5.32 Å². The van der Waals surface area contributed by atoms with Crippen molar-refractivity contribution in [3.63, 3.8) is 0 Å². The smallest absolute Gasteiger partial charge is 0.433 e. The summed E-state index contributed by atoms with van der Waals surface area (Å²) in [5.41, 5.74) is 4.91. The molecule has 3 N–H and O–H groups in total. The van der Waals surface area contributed by atoms with Crippen molar-refractivity contribution >= 4 is 40.8 Å². The zero-order valence-corrected chi connectivity index (χ0v) is 31.0. The Hall–Kier alpha value is -6.11. The minimum Gasteiger partial charge on any atom is -0.473 e. The second-order valence-electron chi connectivity index (χ2n) is 13.1. The quantitative estimate of drug-likeness (QED) is 0.0305. The third-order valence-corrected chi connectivity index (χ3v) is 8.91. The van der Waals surface area contributed by atoms with Crippen LogP contribution in [0.2, 0.25) is 0 Å². The van der Waals surface area contributed by atoms with Crippen molar-refractivity contribution in [1.29, 1.82) is 5.26 Å². The number of nitriles is 1. The molecule has 4 heterocycles. The van der Waals surface area contributed by atoms with Crippen molar-refractivity contribution in [2.75, 3.05) is 25.0 Å². The maximum atomic E-state index is 14.0. The first-order chi connectivity index (χ1) is 26.9. The Labute approximate surface area is 321 Å². The minimum atomic E-state index is -4.49. The normalized spacial score (nSPS) is 15.8. The van der Waals surface area contributed by atoms with Gasteiger partial charge in [0.25, 0.3) is 0 Å². The predicted octanol–water partition coefficient (Wildman–Crippen LogP) is 8.66. The lowest BCUT2D eigenvalue weighted by atomic mass is 10.0. The number of aromatic amines is 2. The average molecular weight is 771 g/mol. The Morgan fingerprint density at radius 3 is 2.62 bits per heavy atom. The molecule has 1 fully saturated rings. The SMILES string of the molecule is C=N/C(=C\C=C/CC1=CCN(Cc2nc3ccc(C)cc3[nH]2)CC1)OCc1ccc(C#N)cc1F.C[C@@H]1CCO1.O=CNc1ccc2n[nH]c(C(F)(F)F)c2c1. The number of aryl methyl sites for hydroxylation is 1. The number of imidazole rings is 1. The number of amides is 1. The lowest BCUT2D eigenvalue weighted by molar-refractivity contribution is -0.139. The highest BCUT2D eigenvalue weighted by molar-refractivity contribution is 5.87. The van der Waals surface area contributed by atoms with Crippen molar-refractivity contribution in [1.82, 2.24) is 25.1 Å². The fourth-order valence-corrected chi connectivity index (χ4v) is 5.68. The standard InChI is InChI=1S/C28H28FN5O.C9H6F3N3O.C4H8O/c1-20-7-10-25-26(15-20)33-27(32-25)18-34-13-11-21(12-14-34)5-3-4-6-28(31-2)35-19-23-9-8-22(17-30)16-24(23)29;10-9(11,12)8-6-3-5(13-4-16)1-2-7(6)14-15-8;1-4-2-3-5-4/h3-4,6-11,15-16H,2,5,12-14,18-19H2,1H3,(H,32,33);1-4H,(H,13,16)(H,14,15);4H,2-3H2,1H3/b4-3-,28-6+;;/t;;4-/m..1/s1. The highest BCUT2D eigenvalue weighted by Gasteiger charge is 2.35. The number of H-pyrrole nitrogens is 2. The fraction of sp³-hybridized carbons (Fsp3) is 0.293. The van der Waals surface area contributed by atoms with E-state index in [1.54, 1.807) is 18.2 Å². The van der Waals surface area contributed by atoms with Gasteiger partial charge in [0.15, 0.2) is 0 Å². The molecular weight excluding hydrogens is 728 g/mol. The Kier molecular flexibility index (Phi) is 14.3. The molecule has 11 nitrogen and oxygen atoms in total. The number of fused-ring (bicyclic) bond motifs is 2. The van der Waals surface area contributed by atoms with Gasteiger partial charge in [0.1, 0.15) is 23.9 Å². The number of carbonyl (C=O) groups excluding carboxylic acids is 1. The van der Waals surface area contributed by atoms with Gasteiger partial charge in [0.2, 0.25) is 12.3 Å². The third kappa shape index (κ3) is 11.7. The number of rotatable bonds is 11. The summed E-state index contributed by atoms with van der Waals surface area (Å²) in [6.07, 6.45) is 7.52. The van der Waals surface area contributed by atoms with Crippen LogP contribution in [0.15, 0.2) is 95.3 Å². The monoisotopic (exact) mass is 770 g/mol. The van der Waals surface area contributed by atoms with Gasteiger partial charge in [0.05, 0.1) is 40.8 Å². The number of ether oxygens (including phenoxy) is 2. The van der Waals surface area contributed by atoms with Gasteiger partial charge in [-0.3, -0.25) is 14.8 Å². The van der Waals surface area contributed by atoms with Crippen LogP contribution in [0.3, 0.4) is 0 Å². The summed E-state index contributed by atoms with van der Waals surface area (Å²) in [5, 5.41) is 16.5. The van der Waals surface area contributed by atoms with E-state index in [0.717, 1.165) is 55.9 Å². The van der Waals surface area contributed by atoms with Gasteiger partial charge in [-0.15, -0.1) is 0 Å². The fourth-order valence-electron chi connectivity index (χ4n) is 5.68. The van der Waals surface area contributed by atoms with E-state index in [2.05, 4.69) is 76.2 Å². The summed E-state index contributed by atoms with van der Waals surface area (Å²) in [7, 11) is 0. The molecule has 0 spiro atoms. The Morgan fingerprint density at radius 2 is 1.98 bits per heavy atom. The number of aliphatic imine (C=N–C) groups is 1. The molecule has 1 atom stereocenters. The minimum absolute atomic E-state index is 0.0159. The maximum Gasteiger partial charge on any atom is 0.433 e. The molecule has 0 bridgehead atoms. The van der Waals surface area contributed by atoms with Crippen LogP contribution in [-0.2, 0) is 33.6 Å². The van der Waals surface area contributed by atoms with E-state index in [9.17, 15) is 22.4 Å². The molecule has 2 aliphatic heterocycles. The average Bonchev–Trinajstić information content (AvgIpc) is 3.79. The van der Waals surface area contributed by atoms with Gasteiger partial charge < -0.3 is 19.8 Å². The molecule has 56 heavy (non-hydrogen) atoms. The molecule has 7 rings (SSSR count). The van der Waals surface area contributed by atoms with E-state index in [0.29, 0.717) is 24.0 Å². The second kappa shape index (κ2) is 19.5. The zero-order valence-electron chi connectivity index (χ0n) is 31.0. The molecule has 15 heteroatoms. The van der Waals surface area contributed by atoms with E-state index in [4.69, 9.17) is 19.7 Å². The topological polar surface area (TPSA) is 144 Å². The number of hydrogen-bond donors (Lipinski definition) is 3. The van der Waals surface area contributed by atoms with E-state index < -0.39 is 17.7 Å². The lowest BCUT2D eigenvalue weighted by Gasteiger charge is -2.25. The molecule has 0 radical (unpaired) electrons. The van der Waals surface area contributed by atoms with Crippen LogP contribution in [0.1, 0.15) is 54.4 Å². The number of hydrogen-bond acceptors (Lipinski definition) is 8. The maximum absolute atomic E-state index is 14.0. The number of nitrogens with one attached hydrogen (secondary N) is 3. The molecule has 1 amide bonds. The number of benzene rings is 3. The first kappa shape index (κ1) is 41.1. The van der Waals surface area contributed by atoms with E-state index in [1.165, 1.54) is 41.8 Å². The highest BCUT2D eigenvalue weighted by Crippen LogP contribution is 2.34. The largest absolute Gasteiger partial charge is 0.473 e. The van der Waals surface area contributed by atoms with Gasteiger partial charge >= 0.3 is 6.18 Å². The summed E-state index contributed by atoms with van der Waals surface area (Å²) in [5.74, 6) is 0.837. The summed E-state index contributed by atoms with van der Waals surface area (Å²) in [6, 6.07) is 16.6. The Bertz CT molecular complexity index is 2260. The van der Waals surface area contributed by atoms with Crippen LogP contribution in [0.5, 0.6) is 0 Å². The summed E-state index contributed by atoms with van der Waals surface area (Å²) >= 11 is 0. The van der Waals surface area contributed by atoms with Gasteiger partial charge in [-0.05, 0) is 93.9 Å². The molecule has 0 aliphatic carbocycles. The number of anilines is 1. The Balaban J connectivity index is 0.000000233. The van der Waals surface area contributed by atoms with E-state index in [1.807, 2.05) is 17.2 Å². The molecule has 1 saturated heterocycles. The third-order valence-electron chi connectivity index (χ3n) is 8.91. The number of alkyl halides is 3. The van der Waals surface area contributed by atoms with Crippen molar-refractivity contribution in [2.45, 2.75) is 58.5 Å². The molecule has 3 aromatic carbocycles. The van der Waals surface area contributed by atoms with Gasteiger partial charge in [-0.1, -0.05) is 35.9 Å². The van der Waals surface area contributed by atoms with Gasteiger partial charge in [-0.2, -0.15) is 23.5 Å². The van der Waals surface area contributed by atoms with Crippen LogP contribution >= 0.6 is 0 Å². The molecule has 2 aromatic heterocycles. The predicted molar refractivity (Wildman–Crippen MR) is 207 cm³/mol. The molecule has 2 aliphatic rings. The van der Waals surface area contributed by atoms with Crippen LogP contribution in [0, 0.1) is 24.1 Å². The molecule has 292 valence electrons. The molecular formula is C41H42F4N8O3. The van der Waals surface area contributed by atoms with E-state index >= 15 is 0 Å². The Morgan fingerprint density at radius 1 is 1.20 bits per heavy atom. The van der Waals surface area contributed by atoms with Crippen LogP contribution in [-0.4, -0.2) is 64.0 Å². The summed E-state index contributed by atoms with van der Waals surface area (Å²) in [6.45, 7) is 11.4. The first-order valence-corrected chi connectivity index (χ1v) is 17.8. The zero-order chi connectivity index (χ0) is 40.1. The number of halogens is 4. The van der Waals surface area contributed by atoms with Crippen LogP contribution in [0.25, 0.3) is 21.9 Å². The number of allylic oxidation sites excluding steroid dienone is 3. The van der Waals surface area contributed by atoms with Gasteiger partial charge in [-0.25, -0.2) is 14.4 Å². The lowest BCUT2D eigenvalue weighted by Crippen LogP contribution is -2.28. The van der Waals surface area contributed by atoms with Crippen LogP contribution in [0.4, 0.5) is 23.2 Å². The van der Waals surface area contributed by atoms with Crippen molar-refractivity contribution < 1.29 is 31.8 Å². The van der Waals surface area contributed by atoms with Gasteiger partial charge in [0, 0.05) is 36.3 Å². The highest BCUT2D eigenvalue weighted by atomic mass is 19.4. The van der Waals surface area contributed by atoms with E-state index in [-0.39, 0.29) is 28.8 Å². The number of carbonyl (C=O) groups is 1. The van der Waals surface area contributed by atoms with Crippen molar-refractivity contribution in [3.8, 4) is 6.07 Å². The molecule has 5 aromatic rings. The number of nitrogens with zero attached hydrogens (tertiary/aromatic N) is 5. The molecule has 0 saturated carbocycles. The molecule has 0 unspecified atom stereocenters. The first-order valence-electron chi connectivity index (χ1n) is 17.8. The second-order valence-corrected chi connectivity index (χ2v) is 13.1.